The minimum Gasteiger partial charge on any atom is -0.471 e. The first-order chi connectivity index (χ1) is 19.2. The quantitative estimate of drug-likeness (QED) is 0.238. The van der Waals surface area contributed by atoms with Crippen LogP contribution in [0.5, 0.6) is 5.75 Å². The molecule has 0 bridgehead atoms. The van der Waals surface area contributed by atoms with Gasteiger partial charge in [-0.25, -0.2) is 0 Å². The molecule has 1 saturated heterocycles. The zero-order chi connectivity index (χ0) is 30.1. The van der Waals surface area contributed by atoms with Crippen molar-refractivity contribution in [3.8, 4) is 5.75 Å². The van der Waals surface area contributed by atoms with E-state index in [9.17, 15) is 37.0 Å². The van der Waals surface area contributed by atoms with Gasteiger partial charge in [0.05, 0.1) is 29.8 Å². The molecular weight excluding hydrogens is 572 g/mol. The summed E-state index contributed by atoms with van der Waals surface area (Å²) in [5, 5.41) is 25.8. The molecule has 0 unspecified atom stereocenters. The van der Waals surface area contributed by atoms with E-state index in [0.29, 0.717) is 13.2 Å². The Balaban J connectivity index is 1.51. The number of aliphatic hydroxyl groups excluding tert-OH is 1. The summed E-state index contributed by atoms with van der Waals surface area (Å²) in [6.07, 6.45) is -8.63. The largest absolute Gasteiger partial charge is 0.471 e. The van der Waals surface area contributed by atoms with Crippen LogP contribution in [0, 0.1) is 21.8 Å². The zero-order valence-corrected chi connectivity index (χ0v) is 23.5. The van der Waals surface area contributed by atoms with Crippen LogP contribution in [0.3, 0.4) is 0 Å². The smallest absolute Gasteiger partial charge is 0.427 e. The van der Waals surface area contributed by atoms with Crippen LogP contribution in [0.15, 0.2) is 30.3 Å². The molecule has 5 atom stereocenters. The second-order valence-corrected chi connectivity index (χ2v) is 12.3. The Kier molecular flexibility index (Phi) is 9.38. The molecule has 0 saturated carbocycles. The number of hydrogen-bond acceptors (Lipinski definition) is 8. The molecule has 226 valence electrons. The average molecular weight is 605 g/mol. The predicted molar refractivity (Wildman–Crippen MR) is 141 cm³/mol. The Morgan fingerprint density at radius 3 is 2.63 bits per heavy atom. The van der Waals surface area contributed by atoms with Crippen molar-refractivity contribution in [2.75, 3.05) is 25.2 Å². The number of halogens is 4. The summed E-state index contributed by atoms with van der Waals surface area (Å²) in [5.41, 5.74) is 1.50. The van der Waals surface area contributed by atoms with E-state index < -0.39 is 75.5 Å². The highest BCUT2D eigenvalue weighted by molar-refractivity contribution is 7.85. The highest BCUT2D eigenvalue weighted by Crippen LogP contribution is 2.37. The number of nitrogens with one attached hydrogen (secondary N) is 1. The summed E-state index contributed by atoms with van der Waals surface area (Å²) in [6.45, 7) is 3.89. The van der Waals surface area contributed by atoms with Gasteiger partial charge in [-0.05, 0) is 54.7 Å². The van der Waals surface area contributed by atoms with Crippen LogP contribution >= 0.6 is 0 Å². The lowest BCUT2D eigenvalue weighted by Gasteiger charge is -2.35. The van der Waals surface area contributed by atoms with Gasteiger partial charge in [0.1, 0.15) is 0 Å². The third-order valence-corrected chi connectivity index (χ3v) is 8.89. The molecule has 0 spiro atoms. The average Bonchev–Trinajstić information content (AvgIpc) is 3.17. The Morgan fingerprint density at radius 1 is 1.24 bits per heavy atom. The lowest BCUT2D eigenvalue weighted by atomic mass is 9.90. The van der Waals surface area contributed by atoms with Crippen molar-refractivity contribution in [2.45, 2.75) is 63.4 Å². The van der Waals surface area contributed by atoms with Crippen LogP contribution < -0.4 is 10.1 Å². The minimum atomic E-state index is -4.94. The lowest BCUT2D eigenvalue weighted by Crippen LogP contribution is -2.53. The summed E-state index contributed by atoms with van der Waals surface area (Å²) >= 11 is 0. The van der Waals surface area contributed by atoms with Crippen LogP contribution in [0.25, 0.3) is 0 Å². The second kappa shape index (κ2) is 12.3. The fourth-order valence-electron chi connectivity index (χ4n) is 5.21. The van der Waals surface area contributed by atoms with Crippen molar-refractivity contribution in [1.29, 1.82) is 0 Å². The van der Waals surface area contributed by atoms with Crippen LogP contribution in [-0.4, -0.2) is 63.9 Å². The predicted octanol–water partition coefficient (Wildman–Crippen LogP) is 3.90. The van der Waals surface area contributed by atoms with Crippen LogP contribution in [0.4, 0.5) is 23.2 Å². The standard InChI is InChI=1S/C27H32F4N2O7S/c1-26(2)19-7-15(4-5-17(19)11-39-26)10-32-21-14-41(37)13-18(25(21)34)6-16-8-20(28)24(33(35)36)22(9-16)40-23(12-38-3)27(29,30)31/h4-5,7-9,18,21,23,25,32,34H,6,10-14H2,1-3H3/t18-,21+,23-,25+,41-/m1/s1. The van der Waals surface area contributed by atoms with E-state index in [1.165, 1.54) is 0 Å². The third kappa shape index (κ3) is 7.23. The zero-order valence-electron chi connectivity index (χ0n) is 22.7. The first-order valence-corrected chi connectivity index (χ1v) is 14.4. The molecule has 9 nitrogen and oxygen atoms in total. The van der Waals surface area contributed by atoms with Gasteiger partial charge in [-0.3, -0.25) is 14.3 Å². The van der Waals surface area contributed by atoms with Gasteiger partial charge >= 0.3 is 11.9 Å². The molecule has 2 aliphatic rings. The van der Waals surface area contributed by atoms with Crippen molar-refractivity contribution in [2.24, 2.45) is 5.92 Å². The number of alkyl halides is 3. The van der Waals surface area contributed by atoms with E-state index in [0.717, 1.165) is 35.9 Å². The Morgan fingerprint density at radius 2 is 1.98 bits per heavy atom. The van der Waals surface area contributed by atoms with Gasteiger partial charge in [0, 0.05) is 47.9 Å². The summed E-state index contributed by atoms with van der Waals surface area (Å²) in [5.74, 6) is -2.72. The fourth-order valence-corrected chi connectivity index (χ4v) is 6.86. The molecule has 2 aromatic rings. The van der Waals surface area contributed by atoms with Gasteiger partial charge in [-0.2, -0.15) is 17.6 Å². The first kappa shape index (κ1) is 31.3. The van der Waals surface area contributed by atoms with Gasteiger partial charge < -0.3 is 24.6 Å². The maximum Gasteiger partial charge on any atom is 0.427 e. The Labute approximate surface area is 236 Å². The van der Waals surface area contributed by atoms with E-state index in [-0.39, 0.29) is 23.5 Å². The number of hydrogen-bond donors (Lipinski definition) is 2. The highest BCUT2D eigenvalue weighted by Gasteiger charge is 2.43. The molecule has 0 aromatic heterocycles. The number of nitro benzene ring substituents is 1. The molecule has 0 amide bonds. The molecule has 2 heterocycles. The number of nitro groups is 1. The second-order valence-electron chi connectivity index (χ2n) is 10.8. The maximum absolute atomic E-state index is 14.8. The molecule has 2 aromatic carbocycles. The maximum atomic E-state index is 14.8. The number of fused-ring (bicyclic) bond motifs is 1. The normalized spacial score (nSPS) is 24.6. The molecule has 2 N–H and O–H groups in total. The van der Waals surface area contributed by atoms with E-state index in [4.69, 9.17) is 9.47 Å². The molecule has 41 heavy (non-hydrogen) atoms. The van der Waals surface area contributed by atoms with Crippen molar-refractivity contribution in [3.05, 3.63) is 68.5 Å². The summed E-state index contributed by atoms with van der Waals surface area (Å²) in [6, 6.07) is 7.15. The summed E-state index contributed by atoms with van der Waals surface area (Å²) in [7, 11) is -0.350. The number of nitrogens with zero attached hydrogens (tertiary/aromatic N) is 1. The van der Waals surface area contributed by atoms with E-state index >= 15 is 0 Å². The topological polar surface area (TPSA) is 120 Å². The molecule has 0 radical (unpaired) electrons. The van der Waals surface area contributed by atoms with Crippen LogP contribution in [0.2, 0.25) is 0 Å². The number of aliphatic hydroxyl groups is 1. The van der Waals surface area contributed by atoms with E-state index in [2.05, 4.69) is 10.1 Å². The Bertz CT molecular complexity index is 1310. The van der Waals surface area contributed by atoms with Crippen LogP contribution in [-0.2, 0) is 45.4 Å². The van der Waals surface area contributed by atoms with Gasteiger partial charge in [-0.1, -0.05) is 18.2 Å². The summed E-state index contributed by atoms with van der Waals surface area (Å²) in [4.78, 5) is 10.3. The molecule has 4 rings (SSSR count). The first-order valence-electron chi connectivity index (χ1n) is 12.9. The number of ether oxygens (including phenoxy) is 3. The number of benzene rings is 2. The SMILES string of the molecule is COC[C@@H](Oc1cc(C[C@@H]2C[S@@](=O)C[C@H](NCc3ccc4c(c3)C(C)(C)OC4)[C@H]2O)cc(F)c1[N+](=O)[O-])C(F)(F)F. The minimum absolute atomic E-state index is 0.0593. The summed E-state index contributed by atoms with van der Waals surface area (Å²) < 4.78 is 82.8. The Hall–Kier alpha value is -2.65. The van der Waals surface area contributed by atoms with Gasteiger partial charge in [-0.15, -0.1) is 0 Å². The van der Waals surface area contributed by atoms with E-state index in [1.807, 2.05) is 32.0 Å². The highest BCUT2D eigenvalue weighted by atomic mass is 32.2. The van der Waals surface area contributed by atoms with Gasteiger partial charge in [0.15, 0.2) is 0 Å². The van der Waals surface area contributed by atoms with Crippen molar-refractivity contribution < 1.29 is 46.0 Å². The monoisotopic (exact) mass is 604 g/mol. The lowest BCUT2D eigenvalue weighted by molar-refractivity contribution is -0.389. The molecule has 0 aliphatic carbocycles. The number of methoxy groups -OCH3 is 1. The third-order valence-electron chi connectivity index (χ3n) is 7.36. The van der Waals surface area contributed by atoms with Gasteiger partial charge in [0.25, 0.3) is 0 Å². The van der Waals surface area contributed by atoms with Crippen molar-refractivity contribution >= 4 is 16.5 Å². The molecule has 2 aliphatic heterocycles. The van der Waals surface area contributed by atoms with Gasteiger partial charge in [0.2, 0.25) is 17.7 Å². The van der Waals surface area contributed by atoms with Crippen LogP contribution in [0.1, 0.15) is 36.1 Å². The van der Waals surface area contributed by atoms with Crippen molar-refractivity contribution in [1.82, 2.24) is 5.32 Å². The van der Waals surface area contributed by atoms with E-state index in [1.54, 1.807) is 0 Å². The molecular formula is C27H32F4N2O7S. The number of rotatable bonds is 10. The fraction of sp³-hybridized carbons (Fsp3) is 0.556. The van der Waals surface area contributed by atoms with Crippen molar-refractivity contribution in [3.63, 3.8) is 0 Å². The molecule has 1 fully saturated rings. The molecule has 14 heteroatoms.